The first-order valence-electron chi connectivity index (χ1n) is 8.79. The van der Waals surface area contributed by atoms with Gasteiger partial charge in [0.2, 0.25) is 0 Å². The second kappa shape index (κ2) is 7.14. The maximum Gasteiger partial charge on any atom is 0.200 e. The summed E-state index contributed by atoms with van der Waals surface area (Å²) in [6, 6.07) is 11.9. The third-order valence-electron chi connectivity index (χ3n) is 4.64. The van der Waals surface area contributed by atoms with Crippen molar-refractivity contribution in [2.75, 3.05) is 5.32 Å². The number of hydrogen-bond acceptors (Lipinski definition) is 6. The molecule has 3 aromatic rings. The predicted molar refractivity (Wildman–Crippen MR) is 94.5 cm³/mol. The number of nitrogens with one attached hydrogen (secondary N) is 1. The number of ether oxygens (including phenoxy) is 1. The molecule has 0 amide bonds. The summed E-state index contributed by atoms with van der Waals surface area (Å²) >= 11 is 0. The van der Waals surface area contributed by atoms with E-state index in [1.807, 2.05) is 24.3 Å². The van der Waals surface area contributed by atoms with E-state index in [1.165, 1.54) is 30.3 Å². The summed E-state index contributed by atoms with van der Waals surface area (Å²) in [6.45, 7) is 2.96. The van der Waals surface area contributed by atoms with Gasteiger partial charge in [0, 0.05) is 5.69 Å². The van der Waals surface area contributed by atoms with E-state index in [0.717, 1.165) is 17.2 Å². The molecule has 130 valence electrons. The van der Waals surface area contributed by atoms with Crippen LogP contribution in [0.1, 0.15) is 38.2 Å². The minimum atomic E-state index is 0.393. The Balaban J connectivity index is 1.40. The van der Waals surface area contributed by atoms with Gasteiger partial charge in [-0.25, -0.2) is 0 Å². The van der Waals surface area contributed by atoms with Gasteiger partial charge in [-0.3, -0.25) is 0 Å². The Kier molecular flexibility index (Phi) is 4.56. The van der Waals surface area contributed by atoms with Gasteiger partial charge in [-0.15, -0.1) is 14.8 Å². The van der Waals surface area contributed by atoms with Crippen molar-refractivity contribution in [3.05, 3.63) is 42.0 Å². The number of rotatable bonds is 5. The molecule has 0 aliphatic heterocycles. The van der Waals surface area contributed by atoms with Crippen molar-refractivity contribution in [2.45, 2.75) is 45.3 Å². The summed E-state index contributed by atoms with van der Waals surface area (Å²) in [5.74, 6) is 1.47. The van der Waals surface area contributed by atoms with Crippen LogP contribution >= 0.6 is 0 Å². The lowest BCUT2D eigenvalue weighted by Crippen LogP contribution is -2.21. The summed E-state index contributed by atoms with van der Waals surface area (Å²) in [7, 11) is 0. The van der Waals surface area contributed by atoms with E-state index in [2.05, 4.69) is 45.0 Å². The molecule has 2 heterocycles. The molecule has 1 N–H and O–H groups in total. The van der Waals surface area contributed by atoms with E-state index >= 15 is 0 Å². The van der Waals surface area contributed by atoms with Gasteiger partial charge in [0.05, 0.1) is 12.7 Å². The smallest absolute Gasteiger partial charge is 0.200 e. The SMILES string of the molecule is C[C@@H]1CCC[C@@H](OCc2cccc(Nc3ccc4nnnn4n3)c2)C1. The summed E-state index contributed by atoms with van der Waals surface area (Å²) < 4.78 is 7.52. The van der Waals surface area contributed by atoms with Crippen LogP contribution in [0.25, 0.3) is 5.65 Å². The number of nitrogens with zero attached hydrogens (tertiary/aromatic N) is 5. The standard InChI is InChI=1S/C18H22N6O/c1-13-4-2-7-16(10-13)25-12-14-5-3-6-15(11-14)19-17-8-9-18-20-22-23-24(18)21-17/h3,5-6,8-9,11,13,16H,2,4,7,10,12H2,1H3,(H,19,21)/t13-,16-/m1/s1. The van der Waals surface area contributed by atoms with Gasteiger partial charge in [0.15, 0.2) is 11.5 Å². The molecule has 1 aromatic carbocycles. The Morgan fingerprint density at radius 3 is 3.12 bits per heavy atom. The fourth-order valence-corrected chi connectivity index (χ4v) is 3.35. The first-order chi connectivity index (χ1) is 12.3. The molecule has 1 saturated carbocycles. The zero-order valence-corrected chi connectivity index (χ0v) is 14.3. The normalized spacial score (nSPS) is 20.7. The summed E-state index contributed by atoms with van der Waals surface area (Å²) in [6.07, 6.45) is 5.35. The largest absolute Gasteiger partial charge is 0.374 e. The van der Waals surface area contributed by atoms with Crippen LogP contribution in [-0.2, 0) is 11.3 Å². The second-order valence-electron chi connectivity index (χ2n) is 6.78. The van der Waals surface area contributed by atoms with Crippen molar-refractivity contribution in [1.29, 1.82) is 0 Å². The van der Waals surface area contributed by atoms with E-state index in [1.54, 1.807) is 0 Å². The maximum absolute atomic E-state index is 6.12. The highest BCUT2D eigenvalue weighted by atomic mass is 16.5. The predicted octanol–water partition coefficient (Wildman–Crippen LogP) is 3.36. The van der Waals surface area contributed by atoms with E-state index in [-0.39, 0.29) is 0 Å². The molecule has 0 radical (unpaired) electrons. The molecule has 2 aromatic heterocycles. The fourth-order valence-electron chi connectivity index (χ4n) is 3.35. The van der Waals surface area contributed by atoms with Gasteiger partial charge in [-0.2, -0.15) is 0 Å². The van der Waals surface area contributed by atoms with Crippen LogP contribution in [0, 0.1) is 5.92 Å². The van der Waals surface area contributed by atoms with Crippen LogP contribution in [0.4, 0.5) is 11.5 Å². The lowest BCUT2D eigenvalue weighted by molar-refractivity contribution is 0.00469. The quantitative estimate of drug-likeness (QED) is 0.769. The van der Waals surface area contributed by atoms with Crippen LogP contribution in [0.2, 0.25) is 0 Å². The Morgan fingerprint density at radius 2 is 2.20 bits per heavy atom. The number of aromatic nitrogens is 5. The molecule has 7 heteroatoms. The average Bonchev–Trinajstić information content (AvgIpc) is 3.08. The van der Waals surface area contributed by atoms with Crippen molar-refractivity contribution < 1.29 is 4.74 Å². The highest BCUT2D eigenvalue weighted by molar-refractivity contribution is 5.57. The molecule has 1 fully saturated rings. The van der Waals surface area contributed by atoms with E-state index in [4.69, 9.17) is 4.74 Å². The zero-order valence-electron chi connectivity index (χ0n) is 14.3. The molecule has 0 bridgehead atoms. The van der Waals surface area contributed by atoms with Gasteiger partial charge < -0.3 is 10.1 Å². The molecule has 0 saturated heterocycles. The van der Waals surface area contributed by atoms with Crippen LogP contribution in [0.15, 0.2) is 36.4 Å². The summed E-state index contributed by atoms with van der Waals surface area (Å²) in [4.78, 5) is 0. The minimum Gasteiger partial charge on any atom is -0.374 e. The van der Waals surface area contributed by atoms with E-state index in [9.17, 15) is 0 Å². The third-order valence-corrected chi connectivity index (χ3v) is 4.64. The van der Waals surface area contributed by atoms with Gasteiger partial charge in [-0.1, -0.05) is 31.9 Å². The van der Waals surface area contributed by atoms with Crippen molar-refractivity contribution in [3.63, 3.8) is 0 Å². The van der Waals surface area contributed by atoms with Crippen molar-refractivity contribution >= 4 is 17.2 Å². The van der Waals surface area contributed by atoms with Gasteiger partial charge in [0.25, 0.3) is 0 Å². The van der Waals surface area contributed by atoms with Crippen molar-refractivity contribution in [2.24, 2.45) is 5.92 Å². The molecule has 0 spiro atoms. The van der Waals surface area contributed by atoms with Crippen molar-refractivity contribution in [3.8, 4) is 0 Å². The van der Waals surface area contributed by atoms with E-state index in [0.29, 0.717) is 24.2 Å². The minimum absolute atomic E-state index is 0.393. The summed E-state index contributed by atoms with van der Waals surface area (Å²) in [5, 5.41) is 18.9. The molecule has 7 nitrogen and oxygen atoms in total. The van der Waals surface area contributed by atoms with Gasteiger partial charge in [-0.05, 0) is 59.0 Å². The van der Waals surface area contributed by atoms with Crippen LogP contribution < -0.4 is 5.32 Å². The van der Waals surface area contributed by atoms with Gasteiger partial charge in [0.1, 0.15) is 0 Å². The number of hydrogen-bond donors (Lipinski definition) is 1. The Morgan fingerprint density at radius 1 is 1.24 bits per heavy atom. The number of tetrazole rings is 1. The first kappa shape index (κ1) is 16.0. The monoisotopic (exact) mass is 338 g/mol. The topological polar surface area (TPSA) is 77.2 Å². The number of fused-ring (bicyclic) bond motifs is 1. The molecule has 0 unspecified atom stereocenters. The average molecular weight is 338 g/mol. The zero-order chi connectivity index (χ0) is 17.1. The first-order valence-corrected chi connectivity index (χ1v) is 8.79. The molecule has 4 rings (SSSR count). The lowest BCUT2D eigenvalue weighted by Gasteiger charge is -2.26. The molecule has 2 atom stereocenters. The molecule has 25 heavy (non-hydrogen) atoms. The molecule has 1 aliphatic rings. The molecule has 1 aliphatic carbocycles. The number of benzene rings is 1. The Hall–Kier alpha value is -2.54. The number of anilines is 2. The van der Waals surface area contributed by atoms with E-state index < -0.39 is 0 Å². The van der Waals surface area contributed by atoms with Gasteiger partial charge >= 0.3 is 0 Å². The maximum atomic E-state index is 6.12. The van der Waals surface area contributed by atoms with Crippen LogP contribution in [-0.4, -0.2) is 31.4 Å². The highest BCUT2D eigenvalue weighted by Crippen LogP contribution is 2.26. The molecular weight excluding hydrogens is 316 g/mol. The van der Waals surface area contributed by atoms with Crippen LogP contribution in [0.3, 0.4) is 0 Å². The fraction of sp³-hybridized carbons (Fsp3) is 0.444. The highest BCUT2D eigenvalue weighted by Gasteiger charge is 2.19. The molecular formula is C18H22N6O. The van der Waals surface area contributed by atoms with Crippen molar-refractivity contribution in [1.82, 2.24) is 25.3 Å². The Labute approximate surface area is 146 Å². The lowest BCUT2D eigenvalue weighted by atomic mass is 9.89. The second-order valence-corrected chi connectivity index (χ2v) is 6.78. The third kappa shape index (κ3) is 3.93. The van der Waals surface area contributed by atoms with Crippen LogP contribution in [0.5, 0.6) is 0 Å². The summed E-state index contributed by atoms with van der Waals surface area (Å²) in [5.41, 5.74) is 2.75. The Bertz CT molecular complexity index is 848.